The zero-order valence-electron chi connectivity index (χ0n) is 35.3. The van der Waals surface area contributed by atoms with Crippen LogP contribution in [0, 0.1) is 0 Å². The Morgan fingerprint density at radius 2 is 0.373 bits per heavy atom. The Kier molecular flexibility index (Phi) is 44.5. The summed E-state index contributed by atoms with van der Waals surface area (Å²) in [5, 5.41) is 0. The van der Waals surface area contributed by atoms with E-state index >= 15 is 0 Å². The first-order valence-corrected chi connectivity index (χ1v) is 23.9. The van der Waals surface area contributed by atoms with Crippen LogP contribution in [0.3, 0.4) is 0 Å². The second kappa shape index (κ2) is 45.3. The summed E-state index contributed by atoms with van der Waals surface area (Å²) in [6.07, 6.45) is 57.8. The van der Waals surface area contributed by atoms with Gasteiger partial charge in [0, 0.05) is 12.8 Å². The molecular formula is C48H94O3. The molecule has 0 fully saturated rings. The van der Waals surface area contributed by atoms with Crippen molar-refractivity contribution in [3.05, 3.63) is 0 Å². The summed E-state index contributed by atoms with van der Waals surface area (Å²) in [5.41, 5.74) is 0. The fourth-order valence-corrected chi connectivity index (χ4v) is 7.63. The zero-order chi connectivity index (χ0) is 37.0. The van der Waals surface area contributed by atoms with Crippen LogP contribution in [0.2, 0.25) is 0 Å². The first kappa shape index (κ1) is 50.1. The van der Waals surface area contributed by atoms with Gasteiger partial charge in [0.2, 0.25) is 0 Å². The van der Waals surface area contributed by atoms with Gasteiger partial charge in [-0.05, 0) is 12.8 Å². The Morgan fingerprint density at radius 1 is 0.235 bits per heavy atom. The van der Waals surface area contributed by atoms with Gasteiger partial charge in [0.25, 0.3) is 0 Å². The van der Waals surface area contributed by atoms with E-state index in [0.717, 1.165) is 25.7 Å². The summed E-state index contributed by atoms with van der Waals surface area (Å²) >= 11 is 0. The SMILES string of the molecule is CCCCCCCCCCCCCCCCCCCCCCCC(=O)OC(=O)CCCCCCCCCCCCCCCCCCCCCCC. The van der Waals surface area contributed by atoms with Gasteiger partial charge < -0.3 is 4.74 Å². The third-order valence-electron chi connectivity index (χ3n) is 11.2. The van der Waals surface area contributed by atoms with Crippen LogP contribution in [0.15, 0.2) is 0 Å². The van der Waals surface area contributed by atoms with E-state index in [4.69, 9.17) is 4.74 Å². The molecule has 3 heteroatoms. The maximum Gasteiger partial charge on any atom is 0.313 e. The molecule has 0 amide bonds. The van der Waals surface area contributed by atoms with Gasteiger partial charge in [0.05, 0.1) is 0 Å². The van der Waals surface area contributed by atoms with Crippen molar-refractivity contribution in [3.8, 4) is 0 Å². The highest BCUT2D eigenvalue weighted by molar-refractivity contribution is 5.85. The molecule has 0 spiro atoms. The molecule has 3 nitrogen and oxygen atoms in total. The fraction of sp³-hybridized carbons (Fsp3) is 0.958. The Balaban J connectivity index is 3.24. The van der Waals surface area contributed by atoms with Crippen LogP contribution in [0.4, 0.5) is 0 Å². The molecule has 0 radical (unpaired) electrons. The predicted octanol–water partition coefficient (Wildman–Crippen LogP) is 17.3. The average molecular weight is 719 g/mol. The monoisotopic (exact) mass is 719 g/mol. The number of hydrogen-bond acceptors (Lipinski definition) is 3. The van der Waals surface area contributed by atoms with Crippen LogP contribution in [-0.2, 0) is 14.3 Å². The smallest absolute Gasteiger partial charge is 0.313 e. The number of ether oxygens (including phenoxy) is 1. The van der Waals surface area contributed by atoms with Crippen LogP contribution in [0.5, 0.6) is 0 Å². The molecule has 304 valence electrons. The molecule has 0 atom stereocenters. The van der Waals surface area contributed by atoms with E-state index in [-0.39, 0.29) is 11.9 Å². The van der Waals surface area contributed by atoms with Gasteiger partial charge in [0.1, 0.15) is 0 Å². The van der Waals surface area contributed by atoms with E-state index in [1.165, 1.54) is 244 Å². The lowest BCUT2D eigenvalue weighted by molar-refractivity contribution is -0.159. The van der Waals surface area contributed by atoms with E-state index in [9.17, 15) is 9.59 Å². The molecule has 0 heterocycles. The van der Waals surface area contributed by atoms with Crippen molar-refractivity contribution in [2.24, 2.45) is 0 Å². The number of hydrogen-bond donors (Lipinski definition) is 0. The summed E-state index contributed by atoms with van der Waals surface area (Å²) in [4.78, 5) is 24.1. The molecule has 0 unspecified atom stereocenters. The van der Waals surface area contributed by atoms with Gasteiger partial charge in [-0.1, -0.05) is 271 Å². The molecule has 0 aromatic heterocycles. The normalized spacial score (nSPS) is 11.4. The van der Waals surface area contributed by atoms with Gasteiger partial charge in [-0.2, -0.15) is 0 Å². The van der Waals surface area contributed by atoms with Crippen molar-refractivity contribution in [1.82, 2.24) is 0 Å². The van der Waals surface area contributed by atoms with Gasteiger partial charge in [-0.25, -0.2) is 0 Å². The van der Waals surface area contributed by atoms with Gasteiger partial charge in [-0.15, -0.1) is 0 Å². The Bertz CT molecular complexity index is 617. The lowest BCUT2D eigenvalue weighted by Crippen LogP contribution is -2.11. The average Bonchev–Trinajstić information content (AvgIpc) is 3.12. The van der Waals surface area contributed by atoms with Crippen molar-refractivity contribution in [2.75, 3.05) is 0 Å². The number of esters is 2. The molecule has 0 bridgehead atoms. The molecule has 51 heavy (non-hydrogen) atoms. The predicted molar refractivity (Wildman–Crippen MR) is 226 cm³/mol. The summed E-state index contributed by atoms with van der Waals surface area (Å²) in [6, 6.07) is 0. The van der Waals surface area contributed by atoms with Crippen LogP contribution in [0.1, 0.15) is 296 Å². The molecular weight excluding hydrogens is 625 g/mol. The van der Waals surface area contributed by atoms with Gasteiger partial charge in [0.15, 0.2) is 0 Å². The third-order valence-corrected chi connectivity index (χ3v) is 11.2. The molecule has 0 rings (SSSR count). The van der Waals surface area contributed by atoms with E-state index in [1.807, 2.05) is 0 Å². The first-order chi connectivity index (χ1) is 25.2. The number of rotatable bonds is 44. The second-order valence-electron chi connectivity index (χ2n) is 16.5. The Labute approximate surface area is 321 Å². The van der Waals surface area contributed by atoms with Gasteiger partial charge >= 0.3 is 11.9 Å². The summed E-state index contributed by atoms with van der Waals surface area (Å²) in [7, 11) is 0. The Hall–Kier alpha value is -0.860. The highest BCUT2D eigenvalue weighted by Gasteiger charge is 2.10. The van der Waals surface area contributed by atoms with Crippen LogP contribution in [0.25, 0.3) is 0 Å². The topological polar surface area (TPSA) is 43.4 Å². The maximum atomic E-state index is 12.0. The molecule has 0 saturated heterocycles. The van der Waals surface area contributed by atoms with Crippen molar-refractivity contribution in [2.45, 2.75) is 296 Å². The minimum absolute atomic E-state index is 0.318. The molecule has 0 aromatic rings. The third kappa shape index (κ3) is 45.2. The van der Waals surface area contributed by atoms with E-state index in [2.05, 4.69) is 13.8 Å². The quantitative estimate of drug-likeness (QED) is 0.0358. The lowest BCUT2D eigenvalue weighted by atomic mass is 10.0. The van der Waals surface area contributed by atoms with Crippen LogP contribution >= 0.6 is 0 Å². The minimum atomic E-state index is -0.318. The standard InChI is InChI=1S/C48H94O3/c1-3-5-7-9-11-13-15-17-19-21-23-25-27-29-31-33-35-37-39-41-43-45-47(49)51-48(50)46-44-42-40-38-36-34-32-30-28-26-24-22-20-18-16-14-12-10-8-6-4-2/h3-46H2,1-2H3. The zero-order valence-corrected chi connectivity index (χ0v) is 35.3. The van der Waals surface area contributed by atoms with Crippen LogP contribution < -0.4 is 0 Å². The minimum Gasteiger partial charge on any atom is -0.393 e. The van der Waals surface area contributed by atoms with Crippen molar-refractivity contribution < 1.29 is 14.3 Å². The summed E-state index contributed by atoms with van der Waals surface area (Å²) in [6.45, 7) is 4.59. The molecule has 0 aliphatic rings. The molecule has 0 aliphatic carbocycles. The van der Waals surface area contributed by atoms with Crippen molar-refractivity contribution >= 4 is 11.9 Å². The van der Waals surface area contributed by atoms with Crippen molar-refractivity contribution in [3.63, 3.8) is 0 Å². The molecule has 0 N–H and O–H groups in total. The number of carbonyl (C=O) groups is 2. The fourth-order valence-electron chi connectivity index (χ4n) is 7.63. The second-order valence-corrected chi connectivity index (χ2v) is 16.5. The first-order valence-electron chi connectivity index (χ1n) is 23.9. The number of carbonyl (C=O) groups excluding carboxylic acids is 2. The Morgan fingerprint density at radius 3 is 0.529 bits per heavy atom. The lowest BCUT2D eigenvalue weighted by Gasteiger charge is -2.05. The van der Waals surface area contributed by atoms with E-state index < -0.39 is 0 Å². The van der Waals surface area contributed by atoms with Gasteiger partial charge in [-0.3, -0.25) is 9.59 Å². The molecule has 0 aliphatic heterocycles. The highest BCUT2D eigenvalue weighted by Crippen LogP contribution is 2.17. The van der Waals surface area contributed by atoms with E-state index in [1.54, 1.807) is 0 Å². The molecule has 0 aromatic carbocycles. The largest absolute Gasteiger partial charge is 0.393 e. The van der Waals surface area contributed by atoms with E-state index in [0.29, 0.717) is 12.8 Å². The van der Waals surface area contributed by atoms with Crippen molar-refractivity contribution in [1.29, 1.82) is 0 Å². The van der Waals surface area contributed by atoms with Crippen LogP contribution in [-0.4, -0.2) is 11.9 Å². The number of unbranched alkanes of at least 4 members (excludes halogenated alkanes) is 40. The summed E-state index contributed by atoms with van der Waals surface area (Å²) < 4.78 is 5.06. The molecule has 0 saturated carbocycles. The maximum absolute atomic E-state index is 12.0. The summed E-state index contributed by atoms with van der Waals surface area (Å²) in [5.74, 6) is -0.636. The highest BCUT2D eigenvalue weighted by atomic mass is 16.6.